The van der Waals surface area contributed by atoms with Crippen molar-refractivity contribution >= 4 is 33.5 Å². The van der Waals surface area contributed by atoms with Gasteiger partial charge in [-0.1, -0.05) is 54.1 Å². The fourth-order valence-electron chi connectivity index (χ4n) is 5.81. The highest BCUT2D eigenvalue weighted by molar-refractivity contribution is 9.10. The molecule has 4 aromatic carbocycles. The first kappa shape index (κ1) is 27.3. The molecule has 4 nitrogen and oxygen atoms in total. The highest BCUT2D eigenvalue weighted by atomic mass is 79.9. The Morgan fingerprint density at radius 2 is 1.88 bits per heavy atom. The lowest BCUT2D eigenvalue weighted by Crippen LogP contribution is -2.29. The van der Waals surface area contributed by atoms with Crippen LogP contribution in [0.2, 0.25) is 0 Å². The van der Waals surface area contributed by atoms with Gasteiger partial charge >= 0.3 is 0 Å². The van der Waals surface area contributed by atoms with Crippen molar-refractivity contribution in [1.82, 2.24) is 0 Å². The minimum Gasteiger partial charge on any atom is -0.490 e. The summed E-state index contributed by atoms with van der Waals surface area (Å²) in [6, 6.07) is 25.7. The van der Waals surface area contributed by atoms with Gasteiger partial charge < -0.3 is 14.8 Å². The highest BCUT2D eigenvalue weighted by Crippen LogP contribution is 2.50. The number of nitrogens with one attached hydrogen (secondary N) is 1. The predicted octanol–water partition coefficient (Wildman–Crippen LogP) is 9.45. The molecule has 0 aromatic heterocycles. The van der Waals surface area contributed by atoms with Crippen LogP contribution in [0.15, 0.2) is 100 Å². The van der Waals surface area contributed by atoms with E-state index in [0.717, 1.165) is 27.7 Å². The summed E-state index contributed by atoms with van der Waals surface area (Å²) in [7, 11) is 0. The minimum absolute atomic E-state index is 0.231. The van der Waals surface area contributed by atoms with Gasteiger partial charge in [0.1, 0.15) is 12.4 Å². The number of hydrogen-bond donors (Lipinski definition) is 1. The third kappa shape index (κ3) is 5.94. The van der Waals surface area contributed by atoms with Crippen molar-refractivity contribution in [3.63, 3.8) is 0 Å². The molecule has 1 heterocycles. The molecule has 3 atom stereocenters. The average Bonchev–Trinajstić information content (AvgIpc) is 3.46. The molecule has 2 aliphatic rings. The smallest absolute Gasteiger partial charge is 0.175 e. The summed E-state index contributed by atoms with van der Waals surface area (Å²) in [5, 5.41) is 3.81. The second kappa shape index (κ2) is 11.9. The molecule has 4 aromatic rings. The van der Waals surface area contributed by atoms with E-state index in [2.05, 4.69) is 82.8 Å². The Hall–Kier alpha value is -3.90. The van der Waals surface area contributed by atoms with Crippen LogP contribution in [0.25, 0.3) is 0 Å². The molecule has 1 aliphatic heterocycles. The van der Waals surface area contributed by atoms with Gasteiger partial charge in [-0.15, -0.1) is 0 Å². The minimum atomic E-state index is -0.287. The number of benzene rings is 4. The third-order valence-electron chi connectivity index (χ3n) is 7.74. The number of rotatable bonds is 8. The SMILES string of the molecule is CCOc1cc(C=Nc2ccc([C@@H]3Nc4ccc(C)cc4[C@@H]4C=CC[C@H]43)cc2)cc(Br)c1OCc1cccc(F)c1. The van der Waals surface area contributed by atoms with Crippen molar-refractivity contribution in [2.45, 2.75) is 38.8 Å². The number of hydrogen-bond acceptors (Lipinski definition) is 4. The summed E-state index contributed by atoms with van der Waals surface area (Å²) in [6.45, 7) is 4.81. The van der Waals surface area contributed by atoms with Crippen molar-refractivity contribution in [1.29, 1.82) is 0 Å². The molecule has 1 aliphatic carbocycles. The Balaban J connectivity index is 1.18. The van der Waals surface area contributed by atoms with E-state index >= 15 is 0 Å². The number of allylic oxidation sites excluding steroid dienone is 2. The fraction of sp³-hybridized carbons (Fsp3) is 0.229. The van der Waals surface area contributed by atoms with Crippen LogP contribution >= 0.6 is 15.9 Å². The first-order valence-corrected chi connectivity index (χ1v) is 14.8. The summed E-state index contributed by atoms with van der Waals surface area (Å²) in [5.41, 5.74) is 7.71. The molecule has 0 saturated heterocycles. The van der Waals surface area contributed by atoms with Crippen molar-refractivity contribution < 1.29 is 13.9 Å². The zero-order valence-corrected chi connectivity index (χ0v) is 24.7. The van der Waals surface area contributed by atoms with E-state index < -0.39 is 0 Å². The van der Waals surface area contributed by atoms with Crippen LogP contribution < -0.4 is 14.8 Å². The lowest BCUT2D eigenvalue weighted by molar-refractivity contribution is 0.267. The van der Waals surface area contributed by atoms with E-state index in [1.807, 2.05) is 31.3 Å². The number of halogens is 2. The van der Waals surface area contributed by atoms with E-state index in [-0.39, 0.29) is 18.5 Å². The van der Waals surface area contributed by atoms with Crippen LogP contribution in [0, 0.1) is 18.7 Å². The van der Waals surface area contributed by atoms with Crippen LogP contribution in [-0.2, 0) is 6.61 Å². The van der Waals surface area contributed by atoms with E-state index in [0.29, 0.717) is 29.9 Å². The van der Waals surface area contributed by atoms with E-state index in [4.69, 9.17) is 14.5 Å². The standard InChI is InChI=1S/C35H32BrFN2O2/c1-3-40-33-19-24(18-31(36)35(33)41-21-23-6-4-7-26(37)17-23)20-38-27-13-11-25(12-14-27)34-29-9-5-8-28(29)30-16-22(2)10-15-32(30)39-34/h4-8,10-20,28-29,34,39H,3,9,21H2,1-2H3/t28-,29-,34+/m1/s1. The van der Waals surface area contributed by atoms with Crippen molar-refractivity contribution in [2.24, 2.45) is 10.9 Å². The molecule has 0 spiro atoms. The topological polar surface area (TPSA) is 42.8 Å². The number of aryl methyl sites for hydroxylation is 1. The average molecular weight is 612 g/mol. The molecule has 0 fully saturated rings. The van der Waals surface area contributed by atoms with Gasteiger partial charge in [-0.25, -0.2) is 4.39 Å². The molecule has 41 heavy (non-hydrogen) atoms. The lowest BCUT2D eigenvalue weighted by atomic mass is 9.76. The predicted molar refractivity (Wildman–Crippen MR) is 167 cm³/mol. The van der Waals surface area contributed by atoms with E-state index in [1.54, 1.807) is 6.07 Å². The lowest BCUT2D eigenvalue weighted by Gasteiger charge is -2.37. The molecule has 0 amide bonds. The van der Waals surface area contributed by atoms with E-state index in [9.17, 15) is 4.39 Å². The van der Waals surface area contributed by atoms with Gasteiger partial charge in [-0.05, 0) is 107 Å². The Kier molecular flexibility index (Phi) is 7.93. The zero-order valence-electron chi connectivity index (χ0n) is 23.1. The van der Waals surface area contributed by atoms with Gasteiger partial charge in [-0.3, -0.25) is 4.99 Å². The summed E-state index contributed by atoms with van der Waals surface area (Å²) in [6.07, 6.45) is 7.61. The quantitative estimate of drug-likeness (QED) is 0.159. The first-order chi connectivity index (χ1) is 20.0. The summed E-state index contributed by atoms with van der Waals surface area (Å²) in [5.74, 6) is 1.86. The normalized spacial score (nSPS) is 19.1. The third-order valence-corrected chi connectivity index (χ3v) is 8.33. The fourth-order valence-corrected chi connectivity index (χ4v) is 6.38. The molecule has 0 bridgehead atoms. The maximum Gasteiger partial charge on any atom is 0.175 e. The maximum absolute atomic E-state index is 13.6. The highest BCUT2D eigenvalue weighted by Gasteiger charge is 2.37. The van der Waals surface area contributed by atoms with Crippen LogP contribution in [0.5, 0.6) is 11.5 Å². The number of aliphatic imine (C=N–C) groups is 1. The van der Waals surface area contributed by atoms with Gasteiger partial charge in [-0.2, -0.15) is 0 Å². The summed E-state index contributed by atoms with van der Waals surface area (Å²) in [4.78, 5) is 4.73. The number of anilines is 1. The monoisotopic (exact) mass is 610 g/mol. The Bertz CT molecular complexity index is 1620. The van der Waals surface area contributed by atoms with Gasteiger partial charge in [0, 0.05) is 17.8 Å². The summed E-state index contributed by atoms with van der Waals surface area (Å²) < 4.78 is 26.2. The number of fused-ring (bicyclic) bond motifs is 3. The van der Waals surface area contributed by atoms with Crippen LogP contribution in [0.1, 0.15) is 53.1 Å². The van der Waals surface area contributed by atoms with Gasteiger partial charge in [0.2, 0.25) is 0 Å². The molecule has 6 rings (SSSR count). The van der Waals surface area contributed by atoms with Gasteiger partial charge in [0.05, 0.1) is 22.8 Å². The Morgan fingerprint density at radius 3 is 2.68 bits per heavy atom. The van der Waals surface area contributed by atoms with Crippen LogP contribution in [-0.4, -0.2) is 12.8 Å². The van der Waals surface area contributed by atoms with Gasteiger partial charge in [0.25, 0.3) is 0 Å². The number of nitrogens with zero attached hydrogens (tertiary/aromatic N) is 1. The molecular formula is C35H32BrFN2O2. The largest absolute Gasteiger partial charge is 0.490 e. The summed E-state index contributed by atoms with van der Waals surface area (Å²) >= 11 is 3.62. The zero-order chi connectivity index (χ0) is 28.3. The second-order valence-electron chi connectivity index (χ2n) is 10.6. The first-order valence-electron chi connectivity index (χ1n) is 14.0. The Morgan fingerprint density at radius 1 is 1.02 bits per heavy atom. The second-order valence-corrected chi connectivity index (χ2v) is 11.5. The van der Waals surface area contributed by atoms with Crippen molar-refractivity contribution in [3.05, 3.63) is 129 Å². The van der Waals surface area contributed by atoms with Crippen LogP contribution in [0.4, 0.5) is 15.8 Å². The molecular weight excluding hydrogens is 579 g/mol. The molecule has 1 N–H and O–H groups in total. The molecule has 208 valence electrons. The van der Waals surface area contributed by atoms with Crippen molar-refractivity contribution in [3.8, 4) is 11.5 Å². The maximum atomic E-state index is 13.6. The number of ether oxygens (including phenoxy) is 2. The van der Waals surface area contributed by atoms with Gasteiger partial charge in [0.15, 0.2) is 11.5 Å². The molecule has 6 heteroatoms. The molecule has 0 saturated carbocycles. The van der Waals surface area contributed by atoms with Crippen LogP contribution in [0.3, 0.4) is 0 Å². The van der Waals surface area contributed by atoms with Crippen molar-refractivity contribution in [2.75, 3.05) is 11.9 Å². The Labute approximate surface area is 249 Å². The molecule has 0 radical (unpaired) electrons. The van der Waals surface area contributed by atoms with E-state index in [1.165, 1.54) is 34.5 Å². The molecule has 0 unspecified atom stereocenters.